The number of anilines is 1. The second-order valence-electron chi connectivity index (χ2n) is 7.74. The van der Waals surface area contributed by atoms with Crippen molar-refractivity contribution >= 4 is 38.9 Å². The highest BCUT2D eigenvalue weighted by Crippen LogP contribution is 2.35. The first-order chi connectivity index (χ1) is 15.0. The summed E-state index contributed by atoms with van der Waals surface area (Å²) in [5.41, 5.74) is 3.19. The van der Waals surface area contributed by atoms with Crippen molar-refractivity contribution in [2.75, 3.05) is 25.5 Å². The molecule has 1 fully saturated rings. The third-order valence-corrected chi connectivity index (χ3v) is 6.70. The molecule has 3 aromatic rings. The highest BCUT2D eigenvalue weighted by molar-refractivity contribution is 9.10. The van der Waals surface area contributed by atoms with Crippen LogP contribution in [0.5, 0.6) is 5.75 Å². The standard InChI is InChI=1S/C25H25BrN2O2S/c1-30-23-12-7-19(18-5-3-2-4-6-18)17-22(23)27-24(31)28-15-13-25(29,14-16-28)20-8-10-21(26)11-9-20/h2-12,17,29H,13-16H2,1H3,(H,27,31). The lowest BCUT2D eigenvalue weighted by atomic mass is 9.84. The summed E-state index contributed by atoms with van der Waals surface area (Å²) < 4.78 is 6.55. The summed E-state index contributed by atoms with van der Waals surface area (Å²) in [6, 6.07) is 24.2. The molecule has 4 nitrogen and oxygen atoms in total. The molecule has 31 heavy (non-hydrogen) atoms. The first-order valence-electron chi connectivity index (χ1n) is 10.3. The molecule has 0 unspecified atom stereocenters. The van der Waals surface area contributed by atoms with Crippen LogP contribution in [0, 0.1) is 0 Å². The molecule has 1 saturated heterocycles. The molecule has 0 amide bonds. The van der Waals surface area contributed by atoms with Gasteiger partial charge in [0.15, 0.2) is 5.11 Å². The average molecular weight is 497 g/mol. The first kappa shape index (κ1) is 21.8. The Morgan fingerprint density at radius 3 is 2.32 bits per heavy atom. The van der Waals surface area contributed by atoms with Crippen LogP contribution in [0.1, 0.15) is 18.4 Å². The molecule has 0 aromatic heterocycles. The van der Waals surface area contributed by atoms with E-state index in [0.29, 0.717) is 31.0 Å². The molecule has 1 aliphatic heterocycles. The Kier molecular flexibility index (Phi) is 6.60. The molecule has 4 rings (SSSR count). The number of benzene rings is 3. The van der Waals surface area contributed by atoms with Gasteiger partial charge in [0, 0.05) is 17.6 Å². The zero-order valence-electron chi connectivity index (χ0n) is 17.3. The maximum Gasteiger partial charge on any atom is 0.173 e. The Morgan fingerprint density at radius 1 is 1.00 bits per heavy atom. The average Bonchev–Trinajstić information content (AvgIpc) is 2.80. The summed E-state index contributed by atoms with van der Waals surface area (Å²) in [5.74, 6) is 0.741. The van der Waals surface area contributed by atoms with Crippen molar-refractivity contribution in [2.24, 2.45) is 0 Å². The lowest BCUT2D eigenvalue weighted by Crippen LogP contribution is -2.46. The fourth-order valence-corrected chi connectivity index (χ4v) is 4.50. The van der Waals surface area contributed by atoms with Crippen molar-refractivity contribution in [3.63, 3.8) is 0 Å². The molecule has 2 N–H and O–H groups in total. The van der Waals surface area contributed by atoms with Crippen LogP contribution in [-0.2, 0) is 5.60 Å². The third-order valence-electron chi connectivity index (χ3n) is 5.81. The molecule has 6 heteroatoms. The SMILES string of the molecule is COc1ccc(-c2ccccc2)cc1NC(=S)N1CCC(O)(c2ccc(Br)cc2)CC1. The Balaban J connectivity index is 1.46. The highest BCUT2D eigenvalue weighted by Gasteiger charge is 2.34. The minimum atomic E-state index is -0.822. The number of rotatable bonds is 4. The minimum absolute atomic E-state index is 0.623. The molecular formula is C25H25BrN2O2S. The lowest BCUT2D eigenvalue weighted by molar-refractivity contribution is -0.0117. The van der Waals surface area contributed by atoms with Crippen molar-refractivity contribution in [3.05, 3.63) is 82.8 Å². The van der Waals surface area contributed by atoms with Gasteiger partial charge in [0.1, 0.15) is 5.75 Å². The number of halogens is 1. The number of piperidine rings is 1. The maximum atomic E-state index is 11.1. The van der Waals surface area contributed by atoms with Crippen molar-refractivity contribution < 1.29 is 9.84 Å². The zero-order valence-corrected chi connectivity index (χ0v) is 19.7. The van der Waals surface area contributed by atoms with Gasteiger partial charge in [-0.3, -0.25) is 0 Å². The van der Waals surface area contributed by atoms with E-state index in [0.717, 1.165) is 32.6 Å². The van der Waals surface area contributed by atoms with Gasteiger partial charge in [0.05, 0.1) is 18.4 Å². The fraction of sp³-hybridized carbons (Fsp3) is 0.240. The van der Waals surface area contributed by atoms with E-state index in [1.54, 1.807) is 7.11 Å². The van der Waals surface area contributed by atoms with Crippen LogP contribution in [0.15, 0.2) is 77.3 Å². The second-order valence-corrected chi connectivity index (χ2v) is 9.04. The highest BCUT2D eigenvalue weighted by atomic mass is 79.9. The zero-order chi connectivity index (χ0) is 21.8. The van der Waals surface area contributed by atoms with Crippen molar-refractivity contribution in [3.8, 4) is 16.9 Å². The van der Waals surface area contributed by atoms with Crippen LogP contribution in [0.25, 0.3) is 11.1 Å². The van der Waals surface area contributed by atoms with Crippen LogP contribution in [0.2, 0.25) is 0 Å². The summed E-state index contributed by atoms with van der Waals surface area (Å²) in [6.07, 6.45) is 1.25. The molecule has 0 radical (unpaired) electrons. The van der Waals surface area contributed by atoms with Gasteiger partial charge < -0.3 is 20.1 Å². The van der Waals surface area contributed by atoms with Crippen LogP contribution in [-0.4, -0.2) is 35.3 Å². The van der Waals surface area contributed by atoms with Gasteiger partial charge in [-0.15, -0.1) is 0 Å². The number of nitrogens with zero attached hydrogens (tertiary/aromatic N) is 1. The monoisotopic (exact) mass is 496 g/mol. The van der Waals surface area contributed by atoms with Gasteiger partial charge in [-0.05, 0) is 66.0 Å². The summed E-state index contributed by atoms with van der Waals surface area (Å²) in [4.78, 5) is 2.11. The molecular weight excluding hydrogens is 472 g/mol. The van der Waals surface area contributed by atoms with E-state index < -0.39 is 5.60 Å². The molecule has 0 bridgehead atoms. The van der Waals surface area contributed by atoms with E-state index >= 15 is 0 Å². The number of methoxy groups -OCH3 is 1. The fourth-order valence-electron chi connectivity index (χ4n) is 3.94. The van der Waals surface area contributed by atoms with Gasteiger partial charge in [-0.2, -0.15) is 0 Å². The van der Waals surface area contributed by atoms with Gasteiger partial charge in [-0.25, -0.2) is 0 Å². The molecule has 3 aromatic carbocycles. The van der Waals surface area contributed by atoms with E-state index in [2.05, 4.69) is 44.3 Å². The van der Waals surface area contributed by atoms with Crippen molar-refractivity contribution in [2.45, 2.75) is 18.4 Å². The van der Waals surface area contributed by atoms with Gasteiger partial charge in [-0.1, -0.05) is 64.5 Å². The van der Waals surface area contributed by atoms with E-state index in [1.165, 1.54) is 0 Å². The van der Waals surface area contributed by atoms with Crippen LogP contribution in [0.4, 0.5) is 5.69 Å². The van der Waals surface area contributed by atoms with E-state index in [-0.39, 0.29) is 0 Å². The molecule has 0 spiro atoms. The number of ether oxygens (including phenoxy) is 1. The number of hydrogen-bond acceptors (Lipinski definition) is 3. The summed E-state index contributed by atoms with van der Waals surface area (Å²) in [7, 11) is 1.66. The third kappa shape index (κ3) is 4.92. The molecule has 0 atom stereocenters. The molecule has 1 heterocycles. The Labute approximate surface area is 197 Å². The maximum absolute atomic E-state index is 11.1. The van der Waals surface area contributed by atoms with Crippen molar-refractivity contribution in [1.82, 2.24) is 4.90 Å². The summed E-state index contributed by atoms with van der Waals surface area (Å²) in [6.45, 7) is 1.36. The molecule has 0 aliphatic carbocycles. The van der Waals surface area contributed by atoms with E-state index in [4.69, 9.17) is 17.0 Å². The quantitative estimate of drug-likeness (QED) is 0.446. The second kappa shape index (κ2) is 9.39. The minimum Gasteiger partial charge on any atom is -0.495 e. The predicted octanol–water partition coefficient (Wildman–Crippen LogP) is 5.81. The number of likely N-dealkylation sites (tertiary alicyclic amines) is 1. The van der Waals surface area contributed by atoms with Crippen LogP contribution >= 0.6 is 28.1 Å². The van der Waals surface area contributed by atoms with Crippen LogP contribution < -0.4 is 10.1 Å². The molecule has 1 aliphatic rings. The Bertz CT molecular complexity index is 1050. The van der Waals surface area contributed by atoms with Crippen LogP contribution in [0.3, 0.4) is 0 Å². The Hall–Kier alpha value is -2.41. The largest absolute Gasteiger partial charge is 0.495 e. The lowest BCUT2D eigenvalue weighted by Gasteiger charge is -2.39. The first-order valence-corrected chi connectivity index (χ1v) is 11.5. The molecule has 0 saturated carbocycles. The predicted molar refractivity (Wildman–Crippen MR) is 133 cm³/mol. The van der Waals surface area contributed by atoms with Gasteiger partial charge in [0.25, 0.3) is 0 Å². The van der Waals surface area contributed by atoms with Gasteiger partial charge in [0.2, 0.25) is 0 Å². The summed E-state index contributed by atoms with van der Waals surface area (Å²) >= 11 is 9.16. The van der Waals surface area contributed by atoms with Gasteiger partial charge >= 0.3 is 0 Å². The van der Waals surface area contributed by atoms with E-state index in [1.807, 2.05) is 54.6 Å². The number of hydrogen-bond donors (Lipinski definition) is 2. The molecule has 160 valence electrons. The Morgan fingerprint density at radius 2 is 1.68 bits per heavy atom. The number of thiocarbonyl (C=S) groups is 1. The smallest absolute Gasteiger partial charge is 0.173 e. The number of aliphatic hydroxyl groups is 1. The number of nitrogens with one attached hydrogen (secondary N) is 1. The normalized spacial score (nSPS) is 15.4. The van der Waals surface area contributed by atoms with Crippen molar-refractivity contribution in [1.29, 1.82) is 0 Å². The summed E-state index contributed by atoms with van der Waals surface area (Å²) in [5, 5.41) is 15.1. The topological polar surface area (TPSA) is 44.7 Å². The van der Waals surface area contributed by atoms with E-state index in [9.17, 15) is 5.11 Å².